The Kier molecular flexibility index (Phi) is 10.0. The summed E-state index contributed by atoms with van der Waals surface area (Å²) in [6.45, 7) is 8.15. The maximum Gasteiger partial charge on any atom is 0.490 e. The van der Waals surface area contributed by atoms with Gasteiger partial charge in [-0.15, -0.1) is 0 Å². The number of nitrogens with zero attached hydrogens (tertiary/aromatic N) is 1. The topological polar surface area (TPSA) is 101 Å². The summed E-state index contributed by atoms with van der Waals surface area (Å²) in [4.78, 5) is 23.4. The number of halogens is 3. The third kappa shape index (κ3) is 8.41. The van der Waals surface area contributed by atoms with E-state index in [1.54, 1.807) is 12.1 Å². The fraction of sp³-hybridized carbons (Fsp3) is 0.407. The van der Waals surface area contributed by atoms with Gasteiger partial charge >= 0.3 is 17.8 Å². The third-order valence-corrected chi connectivity index (χ3v) is 5.83. The standard InChI is InChI=1S/C25H30N2O4.C2HF3O2/c1-3-29-20-7-5-6-18(14-20)17-27-12-10-19(11-13-27)26-23-16-25(28)31-24-9-8-21(30-4-2)15-22(23)24;3-2(4,5)1(6)7/h5-9,14-16,19,26H,3-4,10-13,17H2,1-2H3;(H,6,7). The van der Waals surface area contributed by atoms with Crippen molar-refractivity contribution in [1.82, 2.24) is 4.90 Å². The Morgan fingerprint density at radius 2 is 1.68 bits per heavy atom. The van der Waals surface area contributed by atoms with Crippen molar-refractivity contribution >= 4 is 22.6 Å². The van der Waals surface area contributed by atoms with Crippen LogP contribution in [0.15, 0.2) is 57.7 Å². The van der Waals surface area contributed by atoms with E-state index < -0.39 is 12.1 Å². The van der Waals surface area contributed by atoms with Crippen LogP contribution < -0.4 is 20.4 Å². The van der Waals surface area contributed by atoms with Crippen LogP contribution >= 0.6 is 0 Å². The largest absolute Gasteiger partial charge is 0.494 e. The van der Waals surface area contributed by atoms with Gasteiger partial charge in [-0.3, -0.25) is 4.90 Å². The fourth-order valence-electron chi connectivity index (χ4n) is 4.13. The van der Waals surface area contributed by atoms with Crippen LogP contribution in [-0.4, -0.2) is 54.5 Å². The highest BCUT2D eigenvalue weighted by atomic mass is 19.4. The van der Waals surface area contributed by atoms with Gasteiger partial charge in [0.1, 0.15) is 17.1 Å². The third-order valence-electron chi connectivity index (χ3n) is 5.83. The minimum Gasteiger partial charge on any atom is -0.494 e. The highest BCUT2D eigenvalue weighted by molar-refractivity contribution is 5.90. The van der Waals surface area contributed by atoms with Crippen molar-refractivity contribution in [3.63, 3.8) is 0 Å². The second kappa shape index (κ2) is 13.2. The molecule has 0 radical (unpaired) electrons. The molecule has 2 N–H and O–H groups in total. The van der Waals surface area contributed by atoms with Gasteiger partial charge in [0.2, 0.25) is 0 Å². The quantitative estimate of drug-likeness (QED) is 0.374. The average Bonchev–Trinajstić information content (AvgIpc) is 2.86. The van der Waals surface area contributed by atoms with Crippen molar-refractivity contribution < 1.29 is 37.0 Å². The van der Waals surface area contributed by atoms with Gasteiger partial charge in [-0.1, -0.05) is 12.1 Å². The van der Waals surface area contributed by atoms with Crippen molar-refractivity contribution in [2.75, 3.05) is 31.6 Å². The lowest BCUT2D eigenvalue weighted by atomic mass is 10.0. The van der Waals surface area contributed by atoms with Crippen LogP contribution in [0.5, 0.6) is 11.5 Å². The Balaban J connectivity index is 0.000000505. The summed E-state index contributed by atoms with van der Waals surface area (Å²) >= 11 is 0. The molecule has 1 fully saturated rings. The molecular formula is C27H31F3N2O6. The first kappa shape index (κ1) is 28.8. The monoisotopic (exact) mass is 536 g/mol. The first-order valence-corrected chi connectivity index (χ1v) is 12.3. The van der Waals surface area contributed by atoms with Crippen LogP contribution in [0.2, 0.25) is 0 Å². The number of hydrogen-bond acceptors (Lipinski definition) is 7. The van der Waals surface area contributed by atoms with Crippen LogP contribution in [0.25, 0.3) is 11.0 Å². The molecule has 3 aromatic rings. The van der Waals surface area contributed by atoms with E-state index in [9.17, 15) is 18.0 Å². The predicted molar refractivity (Wildman–Crippen MR) is 137 cm³/mol. The number of carbonyl (C=O) groups is 1. The molecule has 1 aromatic heterocycles. The Morgan fingerprint density at radius 3 is 2.29 bits per heavy atom. The molecule has 1 aliphatic heterocycles. The van der Waals surface area contributed by atoms with E-state index in [2.05, 4.69) is 28.4 Å². The molecule has 206 valence electrons. The van der Waals surface area contributed by atoms with Crippen LogP contribution in [0.4, 0.5) is 18.9 Å². The van der Waals surface area contributed by atoms with Crippen molar-refractivity contribution in [3.8, 4) is 11.5 Å². The number of ether oxygens (including phenoxy) is 2. The maximum atomic E-state index is 12.0. The number of fused-ring (bicyclic) bond motifs is 1. The molecule has 0 saturated carbocycles. The second-order valence-corrected chi connectivity index (χ2v) is 8.65. The molecule has 1 saturated heterocycles. The predicted octanol–water partition coefficient (Wildman–Crippen LogP) is 5.30. The molecule has 2 aromatic carbocycles. The fourth-order valence-corrected chi connectivity index (χ4v) is 4.13. The number of alkyl halides is 3. The lowest BCUT2D eigenvalue weighted by Gasteiger charge is -2.33. The molecule has 38 heavy (non-hydrogen) atoms. The number of nitrogens with one attached hydrogen (secondary N) is 1. The van der Waals surface area contributed by atoms with Gasteiger partial charge in [0.25, 0.3) is 0 Å². The second-order valence-electron chi connectivity index (χ2n) is 8.65. The van der Waals surface area contributed by atoms with Crippen LogP contribution in [0.3, 0.4) is 0 Å². The first-order chi connectivity index (χ1) is 18.1. The molecule has 0 atom stereocenters. The molecule has 2 heterocycles. The molecule has 1 aliphatic rings. The number of carboxylic acids is 1. The number of piperidine rings is 1. The van der Waals surface area contributed by atoms with Crippen LogP contribution in [0, 0.1) is 0 Å². The van der Waals surface area contributed by atoms with Gasteiger partial charge in [0, 0.05) is 37.1 Å². The SMILES string of the molecule is CCOc1cccc(CN2CCC(Nc3cc(=O)oc4ccc(OCC)cc34)CC2)c1.O=C(O)C(F)(F)F. The van der Waals surface area contributed by atoms with E-state index in [1.165, 1.54) is 5.56 Å². The lowest BCUT2D eigenvalue weighted by Crippen LogP contribution is -2.38. The molecule has 11 heteroatoms. The summed E-state index contributed by atoms with van der Waals surface area (Å²) in [5, 5.41) is 11.6. The number of rotatable bonds is 8. The molecule has 0 aliphatic carbocycles. The summed E-state index contributed by atoms with van der Waals surface area (Å²) in [6, 6.07) is 15.7. The average molecular weight is 537 g/mol. The van der Waals surface area contributed by atoms with Crippen molar-refractivity contribution in [1.29, 1.82) is 0 Å². The smallest absolute Gasteiger partial charge is 0.490 e. The van der Waals surface area contributed by atoms with Gasteiger partial charge in [-0.25, -0.2) is 9.59 Å². The Bertz CT molecular complexity index is 1270. The molecule has 0 spiro atoms. The number of likely N-dealkylation sites (tertiary alicyclic amines) is 1. The molecule has 0 unspecified atom stereocenters. The van der Waals surface area contributed by atoms with Gasteiger partial charge in [-0.2, -0.15) is 13.2 Å². The first-order valence-electron chi connectivity index (χ1n) is 12.3. The zero-order valence-electron chi connectivity index (χ0n) is 21.2. The summed E-state index contributed by atoms with van der Waals surface area (Å²) in [5.41, 5.74) is 2.32. The number of anilines is 1. The van der Waals surface area contributed by atoms with Crippen molar-refractivity contribution in [2.24, 2.45) is 0 Å². The number of hydrogen-bond donors (Lipinski definition) is 2. The minimum atomic E-state index is -5.08. The number of benzene rings is 2. The van der Waals surface area contributed by atoms with Gasteiger partial charge in [0.15, 0.2) is 0 Å². The van der Waals surface area contributed by atoms with E-state index in [0.29, 0.717) is 24.8 Å². The highest BCUT2D eigenvalue weighted by Gasteiger charge is 2.38. The summed E-state index contributed by atoms with van der Waals surface area (Å²) in [5.74, 6) is -1.05. The summed E-state index contributed by atoms with van der Waals surface area (Å²) in [6.07, 6.45) is -3.06. The Morgan fingerprint density at radius 1 is 1.05 bits per heavy atom. The van der Waals surface area contributed by atoms with Crippen molar-refractivity contribution in [2.45, 2.75) is 45.5 Å². The number of carboxylic acid groups (broad SMARTS) is 1. The molecule has 8 nitrogen and oxygen atoms in total. The van der Waals surface area contributed by atoms with E-state index >= 15 is 0 Å². The Hall–Kier alpha value is -3.73. The molecular weight excluding hydrogens is 505 g/mol. The minimum absolute atomic E-state index is 0.312. The Labute approximate surface area is 218 Å². The molecule has 4 rings (SSSR count). The van der Waals surface area contributed by atoms with E-state index in [-0.39, 0.29) is 5.63 Å². The zero-order chi connectivity index (χ0) is 27.7. The molecule has 0 bridgehead atoms. The maximum absolute atomic E-state index is 12.0. The van der Waals surface area contributed by atoms with E-state index in [0.717, 1.165) is 55.0 Å². The normalized spacial score (nSPS) is 14.4. The van der Waals surface area contributed by atoms with Crippen LogP contribution in [-0.2, 0) is 11.3 Å². The number of aliphatic carboxylic acids is 1. The van der Waals surface area contributed by atoms with E-state index in [4.69, 9.17) is 23.8 Å². The summed E-state index contributed by atoms with van der Waals surface area (Å²) < 4.78 is 48.3. The summed E-state index contributed by atoms with van der Waals surface area (Å²) in [7, 11) is 0. The van der Waals surface area contributed by atoms with Crippen molar-refractivity contribution in [3.05, 3.63) is 64.5 Å². The van der Waals surface area contributed by atoms with Gasteiger partial charge < -0.3 is 24.3 Å². The van der Waals surface area contributed by atoms with Crippen LogP contribution in [0.1, 0.15) is 32.3 Å². The highest BCUT2D eigenvalue weighted by Crippen LogP contribution is 2.28. The van der Waals surface area contributed by atoms with Gasteiger partial charge in [-0.05, 0) is 62.6 Å². The zero-order valence-corrected chi connectivity index (χ0v) is 21.2. The van der Waals surface area contributed by atoms with Gasteiger partial charge in [0.05, 0.1) is 18.9 Å². The van der Waals surface area contributed by atoms with E-state index in [1.807, 2.05) is 32.0 Å². The lowest BCUT2D eigenvalue weighted by molar-refractivity contribution is -0.192. The molecule has 0 amide bonds.